The zero-order chi connectivity index (χ0) is 24.9. The van der Waals surface area contributed by atoms with Crippen LogP contribution in [0.5, 0.6) is 0 Å². The molecule has 1 aromatic heterocycles. The molecule has 1 aliphatic rings. The van der Waals surface area contributed by atoms with Crippen molar-refractivity contribution in [1.29, 1.82) is 0 Å². The lowest BCUT2D eigenvalue weighted by atomic mass is 9.76. The average Bonchev–Trinajstić information content (AvgIpc) is 2.76. The van der Waals surface area contributed by atoms with Crippen molar-refractivity contribution < 1.29 is 9.59 Å². The third-order valence-corrected chi connectivity index (χ3v) is 6.42. The van der Waals surface area contributed by atoms with Gasteiger partial charge in [0.25, 0.3) is 0 Å². The van der Waals surface area contributed by atoms with E-state index in [0.717, 1.165) is 40.9 Å². The minimum Gasteiger partial charge on any atom is -0.350 e. The van der Waals surface area contributed by atoms with Gasteiger partial charge in [-0.05, 0) is 76.1 Å². The van der Waals surface area contributed by atoms with E-state index in [1.165, 1.54) is 12.6 Å². The highest BCUT2D eigenvalue weighted by molar-refractivity contribution is 5.97. The van der Waals surface area contributed by atoms with Crippen LogP contribution in [0, 0.1) is 13.8 Å². The number of hydrogen-bond acceptors (Lipinski definition) is 5. The van der Waals surface area contributed by atoms with Crippen LogP contribution < -0.4 is 5.32 Å². The van der Waals surface area contributed by atoms with Crippen molar-refractivity contribution in [3.05, 3.63) is 71.5 Å². The molecule has 34 heavy (non-hydrogen) atoms. The summed E-state index contributed by atoms with van der Waals surface area (Å²) in [5, 5.41) is 2.98. The van der Waals surface area contributed by atoms with Crippen LogP contribution in [0.25, 0.3) is 11.1 Å². The molecule has 6 heteroatoms. The van der Waals surface area contributed by atoms with Gasteiger partial charge >= 0.3 is 0 Å². The molecule has 0 spiro atoms. The second-order valence-corrected chi connectivity index (χ2v) is 9.62. The van der Waals surface area contributed by atoms with Crippen LogP contribution in [0.1, 0.15) is 63.4 Å². The minimum atomic E-state index is -0.683. The van der Waals surface area contributed by atoms with Crippen molar-refractivity contribution in [3.63, 3.8) is 0 Å². The molecular weight excluding hydrogens is 424 g/mol. The van der Waals surface area contributed by atoms with Gasteiger partial charge in [0.05, 0.1) is 0 Å². The predicted molar refractivity (Wildman–Crippen MR) is 137 cm³/mol. The number of nitrogens with zero attached hydrogens (tertiary/aromatic N) is 3. The minimum absolute atomic E-state index is 0.0573. The Balaban J connectivity index is 1.63. The van der Waals surface area contributed by atoms with Crippen molar-refractivity contribution in [2.45, 2.75) is 71.8 Å². The van der Waals surface area contributed by atoms with Crippen molar-refractivity contribution >= 4 is 17.9 Å². The number of nitrogens with one attached hydrogen (secondary N) is 1. The van der Waals surface area contributed by atoms with Crippen LogP contribution in [0.4, 0.5) is 0 Å². The number of Topliss-reactive ketones (excluding diaryl/α,β-unsaturated/α-hetero) is 1. The molecule has 0 bridgehead atoms. The summed E-state index contributed by atoms with van der Waals surface area (Å²) in [6.07, 6.45) is 10.1. The zero-order valence-electron chi connectivity index (χ0n) is 20.8. The summed E-state index contributed by atoms with van der Waals surface area (Å²) in [7, 11) is 0. The lowest BCUT2D eigenvalue weighted by molar-refractivity contribution is -0.122. The van der Waals surface area contributed by atoms with Crippen molar-refractivity contribution in [3.8, 4) is 11.1 Å². The average molecular weight is 459 g/mol. The van der Waals surface area contributed by atoms with Crippen LogP contribution in [0.2, 0.25) is 0 Å². The van der Waals surface area contributed by atoms with Crippen LogP contribution in [-0.4, -0.2) is 33.9 Å². The Kier molecular flexibility index (Phi) is 7.92. The van der Waals surface area contributed by atoms with Gasteiger partial charge in [-0.2, -0.15) is 0 Å². The third-order valence-electron chi connectivity index (χ3n) is 6.42. The third kappa shape index (κ3) is 6.13. The maximum Gasteiger partial charge on any atom is 0.248 e. The Hall–Kier alpha value is -3.41. The van der Waals surface area contributed by atoms with Gasteiger partial charge in [0, 0.05) is 53.8 Å². The van der Waals surface area contributed by atoms with E-state index < -0.39 is 5.41 Å². The monoisotopic (exact) mass is 458 g/mol. The summed E-state index contributed by atoms with van der Waals surface area (Å²) in [4.78, 5) is 38.0. The number of hydrogen-bond donors (Lipinski definition) is 1. The molecule has 1 saturated carbocycles. The number of rotatable bonds is 9. The standard InChI is InChI=1S/C28H34N4O2/c1-18(14-29-15-20(3)27(34)32-24-8-7-9-24)12-26(33)28(5,6)25-11-10-22(13-19(25)2)23-16-30-21(4)31-17-23/h10-11,13-17,24H,1,7-9,12H2,2-6H3,(H,32,34)/b20-15+,29-14?. The predicted octanol–water partition coefficient (Wildman–Crippen LogP) is 5.20. The SMILES string of the molecule is C=C(C=N/C=C(\C)C(=O)NC1CCC1)CC(=O)C(C)(C)c1ccc(-c2cnc(C)nc2)cc1C. The van der Waals surface area contributed by atoms with Crippen LogP contribution in [0.3, 0.4) is 0 Å². The fourth-order valence-electron chi connectivity index (χ4n) is 3.87. The molecule has 1 aromatic carbocycles. The van der Waals surface area contributed by atoms with E-state index in [2.05, 4.69) is 32.9 Å². The lowest BCUT2D eigenvalue weighted by Crippen LogP contribution is -2.39. The molecule has 3 rings (SSSR count). The summed E-state index contributed by atoms with van der Waals surface area (Å²) in [5.74, 6) is 0.692. The second kappa shape index (κ2) is 10.7. The van der Waals surface area contributed by atoms with E-state index >= 15 is 0 Å². The van der Waals surface area contributed by atoms with Crippen molar-refractivity contribution in [1.82, 2.24) is 15.3 Å². The number of aromatic nitrogens is 2. The summed E-state index contributed by atoms with van der Waals surface area (Å²) in [6, 6.07) is 6.37. The van der Waals surface area contributed by atoms with E-state index in [1.807, 2.05) is 52.2 Å². The second-order valence-electron chi connectivity index (χ2n) is 9.62. The molecule has 0 unspecified atom stereocenters. The van der Waals surface area contributed by atoms with Crippen LogP contribution >= 0.6 is 0 Å². The van der Waals surface area contributed by atoms with Crippen LogP contribution in [0.15, 0.2) is 59.5 Å². The van der Waals surface area contributed by atoms with Crippen LogP contribution in [-0.2, 0) is 15.0 Å². The number of allylic oxidation sites excluding steroid dienone is 1. The number of aryl methyl sites for hydroxylation is 2. The van der Waals surface area contributed by atoms with Gasteiger partial charge in [0.15, 0.2) is 0 Å². The molecule has 0 aliphatic heterocycles. The Bertz CT molecular complexity index is 1140. The fourth-order valence-corrected chi connectivity index (χ4v) is 3.87. The van der Waals surface area contributed by atoms with Gasteiger partial charge < -0.3 is 5.32 Å². The molecule has 1 amide bonds. The molecule has 1 fully saturated rings. The highest BCUT2D eigenvalue weighted by Crippen LogP contribution is 2.32. The summed E-state index contributed by atoms with van der Waals surface area (Å²) < 4.78 is 0. The highest BCUT2D eigenvalue weighted by Gasteiger charge is 2.31. The Morgan fingerprint density at radius 1 is 1.18 bits per heavy atom. The van der Waals surface area contributed by atoms with E-state index in [1.54, 1.807) is 13.1 Å². The van der Waals surface area contributed by atoms with E-state index in [9.17, 15) is 9.59 Å². The van der Waals surface area contributed by atoms with E-state index in [0.29, 0.717) is 11.1 Å². The van der Waals surface area contributed by atoms with Gasteiger partial charge in [-0.15, -0.1) is 0 Å². The first-order chi connectivity index (χ1) is 16.1. The molecule has 0 saturated heterocycles. The molecule has 1 aliphatic carbocycles. The molecule has 0 atom stereocenters. The first-order valence-corrected chi connectivity index (χ1v) is 11.7. The Morgan fingerprint density at radius 2 is 1.85 bits per heavy atom. The quantitative estimate of drug-likeness (QED) is 0.414. The van der Waals surface area contributed by atoms with Gasteiger partial charge in [0.2, 0.25) is 5.91 Å². The van der Waals surface area contributed by atoms with Gasteiger partial charge in [-0.1, -0.05) is 24.8 Å². The summed E-state index contributed by atoms with van der Waals surface area (Å²) in [6.45, 7) is 13.5. The lowest BCUT2D eigenvalue weighted by Gasteiger charge is -2.26. The van der Waals surface area contributed by atoms with Gasteiger partial charge in [-0.25, -0.2) is 9.97 Å². The molecule has 178 valence electrons. The Labute approximate surface area is 202 Å². The fraction of sp³-hybridized carbons (Fsp3) is 0.393. The normalized spacial score (nSPS) is 14.7. The number of aliphatic imine (C=N–C) groups is 1. The first kappa shape index (κ1) is 25.2. The molecular formula is C28H34N4O2. The summed E-state index contributed by atoms with van der Waals surface area (Å²) in [5.41, 5.74) is 4.43. The maximum absolute atomic E-state index is 13.2. The topological polar surface area (TPSA) is 84.3 Å². The molecule has 0 radical (unpaired) electrons. The number of carbonyl (C=O) groups excluding carboxylic acids is 2. The number of benzene rings is 1. The maximum atomic E-state index is 13.2. The molecule has 1 N–H and O–H groups in total. The van der Waals surface area contributed by atoms with Gasteiger partial charge in [-0.3, -0.25) is 14.6 Å². The number of carbonyl (C=O) groups is 2. The van der Waals surface area contributed by atoms with E-state index in [4.69, 9.17) is 0 Å². The smallest absolute Gasteiger partial charge is 0.248 e. The molecule has 2 aromatic rings. The van der Waals surface area contributed by atoms with Gasteiger partial charge in [0.1, 0.15) is 11.6 Å². The van der Waals surface area contributed by atoms with E-state index in [-0.39, 0.29) is 24.2 Å². The summed E-state index contributed by atoms with van der Waals surface area (Å²) >= 11 is 0. The Morgan fingerprint density at radius 3 is 2.44 bits per heavy atom. The molecule has 1 heterocycles. The first-order valence-electron chi connectivity index (χ1n) is 11.7. The zero-order valence-corrected chi connectivity index (χ0v) is 20.8. The van der Waals surface area contributed by atoms with Crippen molar-refractivity contribution in [2.24, 2.45) is 4.99 Å². The largest absolute Gasteiger partial charge is 0.350 e. The number of amides is 1. The number of ketones is 1. The van der Waals surface area contributed by atoms with Crippen molar-refractivity contribution in [2.75, 3.05) is 0 Å². The molecule has 6 nitrogen and oxygen atoms in total. The highest BCUT2D eigenvalue weighted by atomic mass is 16.1.